The Morgan fingerprint density at radius 1 is 1.50 bits per heavy atom. The molecule has 0 aromatic heterocycles. The number of nitrogens with zero attached hydrogens (tertiary/aromatic N) is 1. The number of ketones is 1. The van der Waals surface area contributed by atoms with Crippen LogP contribution in [0.15, 0.2) is 24.3 Å². The van der Waals surface area contributed by atoms with Crippen LogP contribution in [-0.2, 0) is 10.5 Å². The van der Waals surface area contributed by atoms with Crippen LogP contribution >= 0.6 is 11.8 Å². The van der Waals surface area contributed by atoms with Crippen molar-refractivity contribution in [2.45, 2.75) is 19.6 Å². The summed E-state index contributed by atoms with van der Waals surface area (Å²) in [6.45, 7) is 3.54. The van der Waals surface area contributed by atoms with Gasteiger partial charge in [0.2, 0.25) is 0 Å². The highest BCUT2D eigenvalue weighted by molar-refractivity contribution is 7.99. The van der Waals surface area contributed by atoms with Crippen LogP contribution in [0.4, 0.5) is 0 Å². The Hall–Kier alpha value is -1.60. The molecule has 3 nitrogen and oxygen atoms in total. The maximum atomic E-state index is 11.7. The van der Waals surface area contributed by atoms with Gasteiger partial charge in [0.25, 0.3) is 0 Å². The van der Waals surface area contributed by atoms with Gasteiger partial charge in [0.15, 0.2) is 5.78 Å². The van der Waals surface area contributed by atoms with Gasteiger partial charge in [0.05, 0.1) is 11.8 Å². The first-order chi connectivity index (χ1) is 8.56. The van der Waals surface area contributed by atoms with E-state index in [0.29, 0.717) is 0 Å². The van der Waals surface area contributed by atoms with E-state index in [2.05, 4.69) is 0 Å². The van der Waals surface area contributed by atoms with Crippen molar-refractivity contribution in [1.29, 1.82) is 10.7 Å². The standard InChI is InChI=1S/C14H16N2OS/c1-10-5-3-4-6-12(10)8-18-9-14(17)13(7-15)11(2)16/h3-6,13,16H,8-9H2,1-2H3/t13-/m0/s1. The topological polar surface area (TPSA) is 64.7 Å². The molecule has 0 unspecified atom stereocenters. The molecule has 0 bridgehead atoms. The number of nitriles is 1. The summed E-state index contributed by atoms with van der Waals surface area (Å²) in [7, 11) is 0. The summed E-state index contributed by atoms with van der Waals surface area (Å²) in [5.74, 6) is -0.0194. The molecule has 0 saturated heterocycles. The zero-order chi connectivity index (χ0) is 13.5. The quantitative estimate of drug-likeness (QED) is 0.800. The minimum Gasteiger partial charge on any atom is -0.308 e. The van der Waals surface area contributed by atoms with Crippen molar-refractivity contribution in [3.63, 3.8) is 0 Å². The van der Waals surface area contributed by atoms with Crippen molar-refractivity contribution in [3.8, 4) is 6.07 Å². The fraction of sp³-hybridized carbons (Fsp3) is 0.357. The molecule has 1 N–H and O–H groups in total. The molecule has 0 amide bonds. The first-order valence-corrected chi connectivity index (χ1v) is 6.81. The third-order valence-corrected chi connectivity index (χ3v) is 3.65. The monoisotopic (exact) mass is 260 g/mol. The lowest BCUT2D eigenvalue weighted by molar-refractivity contribution is -0.117. The molecule has 0 spiro atoms. The average Bonchev–Trinajstić information content (AvgIpc) is 2.32. The third kappa shape index (κ3) is 4.01. The fourth-order valence-corrected chi connectivity index (χ4v) is 2.54. The fourth-order valence-electron chi connectivity index (χ4n) is 1.53. The second-order valence-electron chi connectivity index (χ2n) is 4.13. The Bertz CT molecular complexity index is 491. The molecule has 0 fully saturated rings. The molecule has 0 aliphatic rings. The minimum atomic E-state index is -0.880. The van der Waals surface area contributed by atoms with E-state index in [-0.39, 0.29) is 17.2 Å². The normalized spacial score (nSPS) is 11.6. The van der Waals surface area contributed by atoms with Crippen LogP contribution in [0.3, 0.4) is 0 Å². The van der Waals surface area contributed by atoms with Crippen LogP contribution in [0.5, 0.6) is 0 Å². The molecule has 0 saturated carbocycles. The molecule has 0 radical (unpaired) electrons. The number of carbonyl (C=O) groups excluding carboxylic acids is 1. The molecule has 0 heterocycles. The Balaban J connectivity index is 2.48. The van der Waals surface area contributed by atoms with E-state index in [1.54, 1.807) is 0 Å². The number of benzene rings is 1. The van der Waals surface area contributed by atoms with Crippen LogP contribution < -0.4 is 0 Å². The van der Waals surface area contributed by atoms with Gasteiger partial charge in [-0.3, -0.25) is 4.79 Å². The number of carbonyl (C=O) groups is 1. The lowest BCUT2D eigenvalue weighted by atomic mass is 10.0. The van der Waals surface area contributed by atoms with E-state index in [1.807, 2.05) is 37.3 Å². The zero-order valence-electron chi connectivity index (χ0n) is 10.6. The highest BCUT2D eigenvalue weighted by Gasteiger charge is 2.19. The summed E-state index contributed by atoms with van der Waals surface area (Å²) in [4.78, 5) is 11.7. The highest BCUT2D eigenvalue weighted by atomic mass is 32.2. The summed E-state index contributed by atoms with van der Waals surface area (Å²) < 4.78 is 0. The molecule has 1 aromatic rings. The number of nitrogens with one attached hydrogen (secondary N) is 1. The lowest BCUT2D eigenvalue weighted by Crippen LogP contribution is -2.21. The summed E-state index contributed by atoms with van der Waals surface area (Å²) in [5.41, 5.74) is 2.53. The van der Waals surface area contributed by atoms with Gasteiger partial charge in [-0.1, -0.05) is 24.3 Å². The van der Waals surface area contributed by atoms with Crippen molar-refractivity contribution in [2.24, 2.45) is 5.92 Å². The van der Waals surface area contributed by atoms with Crippen LogP contribution in [0, 0.1) is 29.6 Å². The molecule has 1 aromatic carbocycles. The second kappa shape index (κ2) is 6.97. The zero-order valence-corrected chi connectivity index (χ0v) is 11.4. The smallest absolute Gasteiger partial charge is 0.165 e. The highest BCUT2D eigenvalue weighted by Crippen LogP contribution is 2.17. The SMILES string of the molecule is CC(=N)[C@H](C#N)C(=O)CSCc1ccccc1C. The number of thioether (sulfide) groups is 1. The second-order valence-corrected chi connectivity index (χ2v) is 5.12. The van der Waals surface area contributed by atoms with Gasteiger partial charge in [-0.2, -0.15) is 5.26 Å². The maximum absolute atomic E-state index is 11.7. The van der Waals surface area contributed by atoms with Crippen molar-refractivity contribution in [2.75, 3.05) is 5.75 Å². The summed E-state index contributed by atoms with van der Waals surface area (Å²) >= 11 is 1.49. The van der Waals surface area contributed by atoms with Gasteiger partial charge in [-0.05, 0) is 25.0 Å². The third-order valence-electron chi connectivity index (χ3n) is 2.65. The summed E-state index contributed by atoms with van der Waals surface area (Å²) in [5, 5.41) is 16.2. The van der Waals surface area contributed by atoms with Crippen molar-refractivity contribution >= 4 is 23.3 Å². The Morgan fingerprint density at radius 2 is 2.17 bits per heavy atom. The molecule has 1 rings (SSSR count). The van der Waals surface area contributed by atoms with Gasteiger partial charge in [-0.15, -0.1) is 11.8 Å². The predicted octanol–water partition coefficient (Wildman–Crippen LogP) is 2.98. The largest absolute Gasteiger partial charge is 0.308 e. The van der Waals surface area contributed by atoms with Gasteiger partial charge in [0.1, 0.15) is 5.92 Å². The van der Waals surface area contributed by atoms with Gasteiger partial charge in [-0.25, -0.2) is 0 Å². The molecule has 0 aliphatic carbocycles. The van der Waals surface area contributed by atoms with E-state index < -0.39 is 5.92 Å². The van der Waals surface area contributed by atoms with E-state index >= 15 is 0 Å². The first-order valence-electron chi connectivity index (χ1n) is 5.66. The van der Waals surface area contributed by atoms with Gasteiger partial charge in [0, 0.05) is 11.5 Å². The van der Waals surface area contributed by atoms with Crippen molar-refractivity contribution in [1.82, 2.24) is 0 Å². The molecule has 0 aliphatic heterocycles. The molecular formula is C14H16N2OS. The Morgan fingerprint density at radius 3 is 2.72 bits per heavy atom. The van der Waals surface area contributed by atoms with E-state index in [9.17, 15) is 4.79 Å². The molecule has 18 heavy (non-hydrogen) atoms. The molecular weight excluding hydrogens is 244 g/mol. The molecule has 1 atom stereocenters. The summed E-state index contributed by atoms with van der Waals surface area (Å²) in [6.07, 6.45) is 0. The van der Waals surface area contributed by atoms with Gasteiger partial charge >= 0.3 is 0 Å². The van der Waals surface area contributed by atoms with Crippen LogP contribution in [0.25, 0.3) is 0 Å². The van der Waals surface area contributed by atoms with Crippen LogP contribution in [-0.4, -0.2) is 17.2 Å². The van der Waals surface area contributed by atoms with E-state index in [4.69, 9.17) is 10.7 Å². The predicted molar refractivity (Wildman–Crippen MR) is 74.9 cm³/mol. The Kier molecular flexibility index (Phi) is 5.60. The Labute approximate surface area is 112 Å². The number of hydrogen-bond donors (Lipinski definition) is 1. The number of hydrogen-bond acceptors (Lipinski definition) is 4. The van der Waals surface area contributed by atoms with E-state index in [0.717, 1.165) is 5.75 Å². The van der Waals surface area contributed by atoms with Crippen LogP contribution in [0.1, 0.15) is 18.1 Å². The number of Topliss-reactive ketones (excluding diaryl/α,β-unsaturated/α-hetero) is 1. The number of aryl methyl sites for hydroxylation is 1. The average molecular weight is 260 g/mol. The maximum Gasteiger partial charge on any atom is 0.165 e. The van der Waals surface area contributed by atoms with Crippen molar-refractivity contribution < 1.29 is 4.79 Å². The molecule has 4 heteroatoms. The molecule has 94 valence electrons. The minimum absolute atomic E-state index is 0.124. The van der Waals surface area contributed by atoms with Gasteiger partial charge < -0.3 is 5.41 Å². The first kappa shape index (κ1) is 14.5. The lowest BCUT2D eigenvalue weighted by Gasteiger charge is -2.07. The van der Waals surface area contributed by atoms with Crippen molar-refractivity contribution in [3.05, 3.63) is 35.4 Å². The summed E-state index contributed by atoms with van der Waals surface area (Å²) in [6, 6.07) is 9.91. The van der Waals surface area contributed by atoms with Crippen LogP contribution in [0.2, 0.25) is 0 Å². The number of rotatable bonds is 6. The van der Waals surface area contributed by atoms with E-state index in [1.165, 1.54) is 29.8 Å².